The Kier molecular flexibility index (Phi) is 7.07. The minimum Gasteiger partial charge on any atom is -0.493 e. The van der Waals surface area contributed by atoms with E-state index >= 15 is 0 Å². The lowest BCUT2D eigenvalue weighted by Gasteiger charge is -2.12. The number of carbonyl (C=O) groups excluding carboxylic acids is 1. The summed E-state index contributed by atoms with van der Waals surface area (Å²) in [6, 6.07) is 11.8. The number of ether oxygens (including phenoxy) is 2. The number of nitrogens with zero attached hydrogens (tertiary/aromatic N) is 3. The zero-order valence-corrected chi connectivity index (χ0v) is 20.9. The number of hydrogen-bond donors (Lipinski definition) is 2. The summed E-state index contributed by atoms with van der Waals surface area (Å²) in [5.41, 5.74) is 4.91. The fourth-order valence-corrected chi connectivity index (χ4v) is 4.07. The number of rotatable bonds is 9. The monoisotopic (exact) mass is 477 g/mol. The average molecular weight is 478 g/mol. The van der Waals surface area contributed by atoms with Gasteiger partial charge < -0.3 is 29.1 Å². The fraction of sp³-hybridized carbons (Fsp3) is 0.346. The van der Waals surface area contributed by atoms with Crippen molar-refractivity contribution in [2.45, 2.75) is 19.8 Å². The van der Waals surface area contributed by atoms with Crippen LogP contribution < -0.4 is 14.8 Å². The maximum Gasteiger partial charge on any atom is 0.308 e. The second-order valence-corrected chi connectivity index (χ2v) is 8.87. The number of carbonyl (C=O) groups is 1. The number of H-pyrrole nitrogens is 1. The number of aromatic amines is 1. The number of aromatic nitrogens is 3. The van der Waals surface area contributed by atoms with E-state index in [0.29, 0.717) is 23.9 Å². The lowest BCUT2D eigenvalue weighted by molar-refractivity contribution is 0.0917. The highest BCUT2D eigenvalue weighted by molar-refractivity contribution is 5.94. The molecule has 4 rings (SSSR count). The van der Waals surface area contributed by atoms with E-state index in [0.717, 1.165) is 39.8 Å². The van der Waals surface area contributed by atoms with E-state index < -0.39 is 0 Å². The molecule has 0 radical (unpaired) electrons. The van der Waals surface area contributed by atoms with Crippen LogP contribution in [0.5, 0.6) is 11.5 Å². The third-order valence-electron chi connectivity index (χ3n) is 5.80. The van der Waals surface area contributed by atoms with Gasteiger partial charge in [0, 0.05) is 35.1 Å². The summed E-state index contributed by atoms with van der Waals surface area (Å²) in [7, 11) is 7.13. The third-order valence-corrected chi connectivity index (χ3v) is 5.80. The van der Waals surface area contributed by atoms with Gasteiger partial charge in [0.1, 0.15) is 0 Å². The zero-order chi connectivity index (χ0) is 25.1. The highest BCUT2D eigenvalue weighted by Gasteiger charge is 2.20. The molecule has 0 bridgehead atoms. The molecule has 184 valence electrons. The predicted octanol–water partition coefficient (Wildman–Crippen LogP) is 4.32. The second kappa shape index (κ2) is 10.2. The van der Waals surface area contributed by atoms with Gasteiger partial charge in [-0.25, -0.2) is 0 Å². The molecule has 0 atom stereocenters. The van der Waals surface area contributed by atoms with E-state index in [-0.39, 0.29) is 17.7 Å². The van der Waals surface area contributed by atoms with Crippen molar-refractivity contribution >= 4 is 16.8 Å². The van der Waals surface area contributed by atoms with Gasteiger partial charge in [-0.2, -0.15) is 0 Å². The van der Waals surface area contributed by atoms with Crippen molar-refractivity contribution in [1.82, 2.24) is 25.4 Å². The Morgan fingerprint density at radius 3 is 2.49 bits per heavy atom. The third kappa shape index (κ3) is 5.00. The van der Waals surface area contributed by atoms with Gasteiger partial charge in [0.25, 0.3) is 0 Å². The average Bonchev–Trinajstić information content (AvgIpc) is 3.48. The van der Waals surface area contributed by atoms with Crippen LogP contribution in [0.2, 0.25) is 0 Å². The number of hydrogen-bond acceptors (Lipinski definition) is 7. The molecule has 0 saturated heterocycles. The van der Waals surface area contributed by atoms with Gasteiger partial charge >= 0.3 is 11.8 Å². The molecule has 1 amide bonds. The van der Waals surface area contributed by atoms with Crippen molar-refractivity contribution in [2.24, 2.45) is 0 Å². The largest absolute Gasteiger partial charge is 0.493 e. The van der Waals surface area contributed by atoms with Crippen molar-refractivity contribution in [3.05, 3.63) is 47.9 Å². The summed E-state index contributed by atoms with van der Waals surface area (Å²) < 4.78 is 16.6. The van der Waals surface area contributed by atoms with Crippen LogP contribution in [0.1, 0.15) is 36.0 Å². The van der Waals surface area contributed by atoms with Crippen LogP contribution in [0.4, 0.5) is 0 Å². The number of likely N-dealkylation sites (N-methyl/N-ethyl adjacent to an activating group) is 1. The van der Waals surface area contributed by atoms with Crippen LogP contribution in [-0.4, -0.2) is 67.4 Å². The predicted molar refractivity (Wildman–Crippen MR) is 135 cm³/mol. The fourth-order valence-electron chi connectivity index (χ4n) is 4.07. The van der Waals surface area contributed by atoms with Gasteiger partial charge in [-0.3, -0.25) is 4.79 Å². The van der Waals surface area contributed by atoms with Crippen LogP contribution in [0.25, 0.3) is 33.6 Å². The Morgan fingerprint density at radius 2 is 1.80 bits per heavy atom. The van der Waals surface area contributed by atoms with E-state index in [2.05, 4.69) is 34.3 Å². The minimum atomic E-state index is -0.382. The molecule has 2 N–H and O–H groups in total. The molecule has 2 aromatic carbocycles. The smallest absolute Gasteiger partial charge is 0.308 e. The van der Waals surface area contributed by atoms with Crippen LogP contribution in [0.3, 0.4) is 0 Å². The number of methoxy groups -OCH3 is 2. The van der Waals surface area contributed by atoms with Crippen molar-refractivity contribution in [3.8, 4) is 34.2 Å². The van der Waals surface area contributed by atoms with Gasteiger partial charge in [0.05, 0.1) is 19.9 Å². The summed E-state index contributed by atoms with van der Waals surface area (Å²) in [6.07, 6.45) is 0. The highest BCUT2D eigenvalue weighted by Crippen LogP contribution is 2.40. The quantitative estimate of drug-likeness (QED) is 0.370. The molecule has 0 spiro atoms. The Labute approximate surface area is 204 Å². The van der Waals surface area contributed by atoms with Gasteiger partial charge in [-0.15, -0.1) is 10.2 Å². The van der Waals surface area contributed by atoms with Crippen molar-refractivity contribution < 1.29 is 18.7 Å². The standard InChI is InChI=1S/C26H31N5O4/c1-15(2)22-18-13-17(25-29-30-26(35-25)24(32)27-11-12-31(3)4)7-9-19(18)28-23(22)16-8-10-20(33-5)21(14-16)34-6/h7-10,13-15,28H,11-12H2,1-6H3,(H,27,32). The molecule has 35 heavy (non-hydrogen) atoms. The molecule has 0 saturated carbocycles. The zero-order valence-electron chi connectivity index (χ0n) is 20.9. The van der Waals surface area contributed by atoms with Gasteiger partial charge in [0.15, 0.2) is 11.5 Å². The summed E-state index contributed by atoms with van der Waals surface area (Å²) in [5.74, 6) is 1.45. The highest BCUT2D eigenvalue weighted by atomic mass is 16.5. The molecular weight excluding hydrogens is 446 g/mol. The molecule has 0 unspecified atom stereocenters. The van der Waals surface area contributed by atoms with Crippen LogP contribution in [-0.2, 0) is 0 Å². The summed E-state index contributed by atoms with van der Waals surface area (Å²) in [6.45, 7) is 5.53. The molecule has 0 aliphatic rings. The Hall–Kier alpha value is -3.85. The minimum absolute atomic E-state index is 0.0528. The molecule has 2 heterocycles. The van der Waals surface area contributed by atoms with Crippen molar-refractivity contribution in [2.75, 3.05) is 41.4 Å². The lowest BCUT2D eigenvalue weighted by Crippen LogP contribution is -2.31. The first-order valence-corrected chi connectivity index (χ1v) is 11.5. The van der Waals surface area contributed by atoms with Crippen LogP contribution in [0.15, 0.2) is 40.8 Å². The first-order chi connectivity index (χ1) is 16.8. The first kappa shape index (κ1) is 24.3. The van der Waals surface area contributed by atoms with E-state index in [9.17, 15) is 4.79 Å². The van der Waals surface area contributed by atoms with Crippen LogP contribution >= 0.6 is 0 Å². The molecule has 9 nitrogen and oxygen atoms in total. The van der Waals surface area contributed by atoms with Gasteiger partial charge in [-0.05, 0) is 62.0 Å². The van der Waals surface area contributed by atoms with Crippen LogP contribution in [0, 0.1) is 0 Å². The summed E-state index contributed by atoms with van der Waals surface area (Å²) in [4.78, 5) is 17.9. The Morgan fingerprint density at radius 1 is 1.06 bits per heavy atom. The molecular formula is C26H31N5O4. The second-order valence-electron chi connectivity index (χ2n) is 8.87. The number of nitrogens with one attached hydrogen (secondary N) is 2. The lowest BCUT2D eigenvalue weighted by atomic mass is 9.95. The van der Waals surface area contributed by atoms with E-state index in [1.807, 2.05) is 55.4 Å². The maximum atomic E-state index is 12.3. The van der Waals surface area contributed by atoms with E-state index in [4.69, 9.17) is 13.9 Å². The molecule has 0 fully saturated rings. The summed E-state index contributed by atoms with van der Waals surface area (Å²) in [5, 5.41) is 11.9. The molecule has 0 aliphatic carbocycles. The number of amides is 1. The van der Waals surface area contributed by atoms with Crippen molar-refractivity contribution in [1.29, 1.82) is 0 Å². The number of benzene rings is 2. The Bertz CT molecular complexity index is 1340. The topological polar surface area (TPSA) is 106 Å². The first-order valence-electron chi connectivity index (χ1n) is 11.5. The van der Waals surface area contributed by atoms with Crippen molar-refractivity contribution in [3.63, 3.8) is 0 Å². The maximum absolute atomic E-state index is 12.3. The van der Waals surface area contributed by atoms with Gasteiger partial charge in [0.2, 0.25) is 5.89 Å². The molecule has 9 heteroatoms. The van der Waals surface area contributed by atoms with E-state index in [1.54, 1.807) is 14.2 Å². The number of fused-ring (bicyclic) bond motifs is 1. The normalized spacial score (nSPS) is 11.4. The Balaban J connectivity index is 1.69. The van der Waals surface area contributed by atoms with E-state index in [1.165, 1.54) is 0 Å². The summed E-state index contributed by atoms with van der Waals surface area (Å²) >= 11 is 0. The molecule has 4 aromatic rings. The molecule has 2 aromatic heterocycles. The SMILES string of the molecule is COc1ccc(-c2[nH]c3ccc(-c4nnc(C(=O)NCCN(C)C)o4)cc3c2C(C)C)cc1OC. The molecule has 0 aliphatic heterocycles. The van der Waals surface area contributed by atoms with Gasteiger partial charge in [-0.1, -0.05) is 13.8 Å².